The highest BCUT2D eigenvalue weighted by Gasteiger charge is 2.33. The Bertz CT molecular complexity index is 790. The molecule has 0 unspecified atom stereocenters. The van der Waals surface area contributed by atoms with E-state index >= 15 is 0 Å². The molecule has 1 N–H and O–H groups in total. The van der Waals surface area contributed by atoms with Crippen LogP contribution in [-0.2, 0) is 4.79 Å². The predicted octanol–water partition coefficient (Wildman–Crippen LogP) is 4.56. The van der Waals surface area contributed by atoms with Crippen molar-refractivity contribution < 1.29 is 9.90 Å². The van der Waals surface area contributed by atoms with E-state index in [0.717, 1.165) is 11.3 Å². The van der Waals surface area contributed by atoms with Crippen molar-refractivity contribution in [3.8, 4) is 5.75 Å². The van der Waals surface area contributed by atoms with Gasteiger partial charge in [0.15, 0.2) is 4.32 Å². The summed E-state index contributed by atoms with van der Waals surface area (Å²) in [5.74, 6) is 0.0272. The lowest BCUT2D eigenvalue weighted by atomic mass is 10.2. The molecule has 0 bridgehead atoms. The van der Waals surface area contributed by atoms with Crippen LogP contribution < -0.4 is 4.90 Å². The maximum absolute atomic E-state index is 12.6. The fourth-order valence-electron chi connectivity index (χ4n) is 2.03. The predicted molar refractivity (Wildman–Crippen MR) is 97.9 cm³/mol. The number of nitrogens with zero attached hydrogens (tertiary/aromatic N) is 1. The van der Waals surface area contributed by atoms with E-state index in [-0.39, 0.29) is 11.7 Å². The number of para-hydroxylation sites is 1. The fraction of sp³-hybridized carbons (Fsp3) is 0. The normalized spacial score (nSPS) is 16.6. The summed E-state index contributed by atoms with van der Waals surface area (Å²) in [6.45, 7) is 0. The standard InChI is InChI=1S/C16H10BrNO2S2/c17-12-8-10(6-7-13(12)19)9-14-15(20)18(16(21)22-14)11-4-2-1-3-5-11/h1-9,19H/b14-9-. The lowest BCUT2D eigenvalue weighted by Gasteiger charge is -2.13. The van der Waals surface area contributed by atoms with E-state index in [1.807, 2.05) is 30.3 Å². The molecule has 1 fully saturated rings. The fourth-order valence-corrected chi connectivity index (χ4v) is 3.73. The summed E-state index contributed by atoms with van der Waals surface area (Å²) in [4.78, 5) is 14.7. The Morgan fingerprint density at radius 1 is 1.18 bits per heavy atom. The number of rotatable bonds is 2. The molecule has 2 aromatic rings. The minimum Gasteiger partial charge on any atom is -0.507 e. The molecule has 110 valence electrons. The van der Waals surface area contributed by atoms with E-state index < -0.39 is 0 Å². The molecule has 0 radical (unpaired) electrons. The van der Waals surface area contributed by atoms with Crippen LogP contribution in [0.2, 0.25) is 0 Å². The van der Waals surface area contributed by atoms with Crippen LogP contribution in [0.4, 0.5) is 5.69 Å². The van der Waals surface area contributed by atoms with Gasteiger partial charge in [-0.1, -0.05) is 48.2 Å². The second-order valence-corrected chi connectivity index (χ2v) is 7.09. The molecule has 1 heterocycles. The third-order valence-corrected chi connectivity index (χ3v) is 5.01. The molecule has 0 aliphatic carbocycles. The summed E-state index contributed by atoms with van der Waals surface area (Å²) in [6, 6.07) is 14.4. The first-order valence-corrected chi connectivity index (χ1v) is 8.39. The number of aromatic hydroxyl groups is 1. The zero-order valence-electron chi connectivity index (χ0n) is 11.2. The van der Waals surface area contributed by atoms with Crippen molar-refractivity contribution in [1.82, 2.24) is 0 Å². The number of amides is 1. The Morgan fingerprint density at radius 3 is 2.59 bits per heavy atom. The minimum absolute atomic E-state index is 0.134. The Hall–Kier alpha value is -1.63. The number of phenols is 1. The number of thioether (sulfide) groups is 1. The largest absolute Gasteiger partial charge is 0.507 e. The van der Waals surface area contributed by atoms with Gasteiger partial charge in [-0.05, 0) is 51.8 Å². The van der Waals surface area contributed by atoms with Crippen LogP contribution in [-0.4, -0.2) is 15.3 Å². The quantitative estimate of drug-likeness (QED) is 0.601. The molecule has 1 amide bonds. The van der Waals surface area contributed by atoms with Crippen molar-refractivity contribution in [3.63, 3.8) is 0 Å². The van der Waals surface area contributed by atoms with Gasteiger partial charge in [0.2, 0.25) is 0 Å². The zero-order valence-corrected chi connectivity index (χ0v) is 14.4. The third kappa shape index (κ3) is 2.95. The van der Waals surface area contributed by atoms with Gasteiger partial charge in [0.05, 0.1) is 15.1 Å². The molecular weight excluding hydrogens is 382 g/mol. The van der Waals surface area contributed by atoms with Crippen molar-refractivity contribution in [3.05, 3.63) is 63.5 Å². The van der Waals surface area contributed by atoms with Gasteiger partial charge in [-0.2, -0.15) is 0 Å². The molecule has 3 nitrogen and oxygen atoms in total. The van der Waals surface area contributed by atoms with Crippen LogP contribution >= 0.6 is 39.9 Å². The lowest BCUT2D eigenvalue weighted by molar-refractivity contribution is -0.113. The second kappa shape index (κ2) is 6.24. The Kier molecular flexibility index (Phi) is 4.33. The van der Waals surface area contributed by atoms with Gasteiger partial charge >= 0.3 is 0 Å². The summed E-state index contributed by atoms with van der Waals surface area (Å²) < 4.78 is 1.10. The number of hydrogen-bond donors (Lipinski definition) is 1. The average molecular weight is 392 g/mol. The maximum atomic E-state index is 12.6. The Labute approximate surface area is 145 Å². The Morgan fingerprint density at radius 2 is 1.91 bits per heavy atom. The minimum atomic E-state index is -0.134. The molecule has 1 aliphatic heterocycles. The highest BCUT2D eigenvalue weighted by Crippen LogP contribution is 2.36. The number of carbonyl (C=O) groups excluding carboxylic acids is 1. The van der Waals surface area contributed by atoms with E-state index in [4.69, 9.17) is 12.2 Å². The molecule has 22 heavy (non-hydrogen) atoms. The van der Waals surface area contributed by atoms with E-state index in [1.165, 1.54) is 16.7 Å². The van der Waals surface area contributed by atoms with Crippen molar-refractivity contribution in [2.75, 3.05) is 4.90 Å². The average Bonchev–Trinajstić information content (AvgIpc) is 2.78. The molecule has 0 aromatic heterocycles. The summed E-state index contributed by atoms with van der Waals surface area (Å²) in [5.41, 5.74) is 1.58. The number of benzene rings is 2. The summed E-state index contributed by atoms with van der Waals surface area (Å²) in [7, 11) is 0. The SMILES string of the molecule is O=C1/C(=C/c2ccc(O)c(Br)c2)SC(=S)N1c1ccccc1. The van der Waals surface area contributed by atoms with Crippen LogP contribution in [0.3, 0.4) is 0 Å². The number of anilines is 1. The van der Waals surface area contributed by atoms with Crippen LogP contribution in [0, 0.1) is 0 Å². The highest BCUT2D eigenvalue weighted by atomic mass is 79.9. The van der Waals surface area contributed by atoms with E-state index in [0.29, 0.717) is 13.7 Å². The van der Waals surface area contributed by atoms with Gasteiger partial charge in [-0.15, -0.1) is 0 Å². The van der Waals surface area contributed by atoms with E-state index in [2.05, 4.69) is 15.9 Å². The van der Waals surface area contributed by atoms with E-state index in [1.54, 1.807) is 24.3 Å². The van der Waals surface area contributed by atoms with Gasteiger partial charge in [-0.25, -0.2) is 0 Å². The first-order valence-electron chi connectivity index (χ1n) is 6.38. The first kappa shape index (κ1) is 15.3. The van der Waals surface area contributed by atoms with Crippen LogP contribution in [0.5, 0.6) is 5.75 Å². The Balaban J connectivity index is 1.93. The van der Waals surface area contributed by atoms with Crippen molar-refractivity contribution in [2.45, 2.75) is 0 Å². The third-order valence-electron chi connectivity index (χ3n) is 3.08. The van der Waals surface area contributed by atoms with Gasteiger partial charge in [0.1, 0.15) is 5.75 Å². The number of phenolic OH excluding ortho intramolecular Hbond substituents is 1. The van der Waals surface area contributed by atoms with Crippen molar-refractivity contribution >= 4 is 61.9 Å². The van der Waals surface area contributed by atoms with Gasteiger partial charge in [-0.3, -0.25) is 9.69 Å². The molecular formula is C16H10BrNO2S2. The maximum Gasteiger partial charge on any atom is 0.270 e. The zero-order chi connectivity index (χ0) is 15.7. The van der Waals surface area contributed by atoms with Gasteiger partial charge < -0.3 is 5.11 Å². The van der Waals surface area contributed by atoms with Gasteiger partial charge in [0.25, 0.3) is 5.91 Å². The molecule has 0 atom stereocenters. The molecule has 0 saturated carbocycles. The monoisotopic (exact) mass is 391 g/mol. The number of thiocarbonyl (C=S) groups is 1. The van der Waals surface area contributed by atoms with Crippen LogP contribution in [0.15, 0.2) is 57.9 Å². The first-order chi connectivity index (χ1) is 10.6. The molecule has 0 spiro atoms. The van der Waals surface area contributed by atoms with Gasteiger partial charge in [0, 0.05) is 0 Å². The number of hydrogen-bond acceptors (Lipinski definition) is 4. The lowest BCUT2D eigenvalue weighted by Crippen LogP contribution is -2.27. The summed E-state index contributed by atoms with van der Waals surface area (Å²) >= 11 is 9.85. The molecule has 3 rings (SSSR count). The van der Waals surface area contributed by atoms with Crippen LogP contribution in [0.1, 0.15) is 5.56 Å². The summed E-state index contributed by atoms with van der Waals surface area (Å²) in [6.07, 6.45) is 1.77. The van der Waals surface area contributed by atoms with Crippen LogP contribution in [0.25, 0.3) is 6.08 Å². The van der Waals surface area contributed by atoms with Crippen molar-refractivity contribution in [1.29, 1.82) is 0 Å². The van der Waals surface area contributed by atoms with E-state index in [9.17, 15) is 9.90 Å². The molecule has 6 heteroatoms. The van der Waals surface area contributed by atoms with Crippen molar-refractivity contribution in [2.24, 2.45) is 0 Å². The summed E-state index contributed by atoms with van der Waals surface area (Å²) in [5, 5.41) is 9.52. The highest BCUT2D eigenvalue weighted by molar-refractivity contribution is 9.10. The number of halogens is 1. The molecule has 1 saturated heterocycles. The topological polar surface area (TPSA) is 40.5 Å². The second-order valence-electron chi connectivity index (χ2n) is 4.56. The molecule has 2 aromatic carbocycles. The number of carbonyl (C=O) groups is 1. The molecule has 1 aliphatic rings. The smallest absolute Gasteiger partial charge is 0.270 e.